The van der Waals surface area contributed by atoms with Crippen LogP contribution in [0, 0.1) is 17.8 Å². The molecule has 2 aromatic carbocycles. The Kier molecular flexibility index (Phi) is 6.59. The van der Waals surface area contributed by atoms with E-state index in [1.807, 2.05) is 42.5 Å². The quantitative estimate of drug-likeness (QED) is 0.711. The molecule has 1 aliphatic carbocycles. The van der Waals surface area contributed by atoms with Crippen LogP contribution in [0.5, 0.6) is 5.75 Å². The first kappa shape index (κ1) is 21.4. The number of rotatable bonds is 8. The van der Waals surface area contributed by atoms with E-state index in [4.69, 9.17) is 4.74 Å². The van der Waals surface area contributed by atoms with Crippen molar-refractivity contribution in [1.29, 1.82) is 0 Å². The van der Waals surface area contributed by atoms with E-state index in [2.05, 4.69) is 29.3 Å². The second-order valence-corrected chi connectivity index (χ2v) is 8.96. The molecule has 5 nitrogen and oxygen atoms in total. The maximum absolute atomic E-state index is 12.8. The predicted molar refractivity (Wildman–Crippen MR) is 121 cm³/mol. The Morgan fingerprint density at radius 2 is 1.84 bits per heavy atom. The number of hydrogen-bond acceptors (Lipinski definition) is 3. The predicted octanol–water partition coefficient (Wildman–Crippen LogP) is 3.47. The third-order valence-electron chi connectivity index (χ3n) is 7.06. The molecule has 1 aliphatic heterocycles. The number of methoxy groups -OCH3 is 1. The van der Waals surface area contributed by atoms with E-state index in [0.717, 1.165) is 30.7 Å². The van der Waals surface area contributed by atoms with E-state index in [1.165, 1.54) is 5.56 Å². The standard InChI is InChI=1S/C26H32N2O3/c1-18-14-24-22(23(18)17-27-25(29)15-20-6-4-3-5-7-20)16-26(30)28(24)13-12-19-8-10-21(31-2)11-9-19/h3-11,18,22-24H,12-17H2,1-2H3,(H,27,29)/t18-,22-,23+,24+/m0/s1. The van der Waals surface area contributed by atoms with Crippen LogP contribution in [0.2, 0.25) is 0 Å². The number of fused-ring (bicyclic) bond motifs is 1. The molecule has 2 amide bonds. The van der Waals surface area contributed by atoms with Crippen LogP contribution in [0.15, 0.2) is 54.6 Å². The molecular weight excluding hydrogens is 388 g/mol. The van der Waals surface area contributed by atoms with Crippen molar-refractivity contribution < 1.29 is 14.3 Å². The van der Waals surface area contributed by atoms with Crippen molar-refractivity contribution in [3.63, 3.8) is 0 Å². The zero-order valence-corrected chi connectivity index (χ0v) is 18.4. The van der Waals surface area contributed by atoms with Crippen LogP contribution in [-0.2, 0) is 22.4 Å². The lowest BCUT2D eigenvalue weighted by molar-refractivity contribution is -0.129. The van der Waals surface area contributed by atoms with Crippen molar-refractivity contribution in [3.05, 3.63) is 65.7 Å². The summed E-state index contributed by atoms with van der Waals surface area (Å²) in [6, 6.07) is 18.2. The molecule has 1 N–H and O–H groups in total. The Bertz CT molecular complexity index is 897. The Balaban J connectivity index is 1.31. The molecule has 2 aromatic rings. The lowest BCUT2D eigenvalue weighted by Gasteiger charge is -2.24. The molecule has 0 bridgehead atoms. The molecule has 0 spiro atoms. The van der Waals surface area contributed by atoms with E-state index < -0.39 is 0 Å². The molecule has 0 unspecified atom stereocenters. The number of amides is 2. The molecule has 0 aromatic heterocycles. The van der Waals surface area contributed by atoms with E-state index in [-0.39, 0.29) is 11.8 Å². The second-order valence-electron chi connectivity index (χ2n) is 8.96. The van der Waals surface area contributed by atoms with Gasteiger partial charge < -0.3 is 15.0 Å². The lowest BCUT2D eigenvalue weighted by Crippen LogP contribution is -2.36. The van der Waals surface area contributed by atoms with Gasteiger partial charge in [-0.1, -0.05) is 49.4 Å². The van der Waals surface area contributed by atoms with Gasteiger partial charge in [0.25, 0.3) is 0 Å². The minimum Gasteiger partial charge on any atom is -0.497 e. The topological polar surface area (TPSA) is 58.6 Å². The average molecular weight is 421 g/mol. The van der Waals surface area contributed by atoms with Gasteiger partial charge in [-0.15, -0.1) is 0 Å². The Hall–Kier alpha value is -2.82. The number of nitrogens with one attached hydrogen (secondary N) is 1. The molecule has 1 saturated carbocycles. The second kappa shape index (κ2) is 9.54. The molecule has 1 saturated heterocycles. The van der Waals surface area contributed by atoms with E-state index in [9.17, 15) is 9.59 Å². The summed E-state index contributed by atoms with van der Waals surface area (Å²) in [5.41, 5.74) is 2.24. The van der Waals surface area contributed by atoms with Gasteiger partial charge in [-0.3, -0.25) is 9.59 Å². The molecule has 4 atom stereocenters. The number of nitrogens with zero attached hydrogens (tertiary/aromatic N) is 1. The number of carbonyl (C=O) groups is 2. The van der Waals surface area contributed by atoms with E-state index in [0.29, 0.717) is 43.2 Å². The summed E-state index contributed by atoms with van der Waals surface area (Å²) < 4.78 is 5.22. The SMILES string of the molecule is COc1ccc(CCN2C(=O)C[C@H]3[C@H](CNC(=O)Cc4ccccc4)[C@@H](C)C[C@H]32)cc1. The fourth-order valence-electron chi connectivity index (χ4n) is 5.35. The molecule has 31 heavy (non-hydrogen) atoms. The van der Waals surface area contributed by atoms with Gasteiger partial charge in [-0.25, -0.2) is 0 Å². The molecule has 2 fully saturated rings. The van der Waals surface area contributed by atoms with E-state index >= 15 is 0 Å². The first-order valence-electron chi connectivity index (χ1n) is 11.3. The highest BCUT2D eigenvalue weighted by Gasteiger charge is 2.50. The maximum atomic E-state index is 12.8. The first-order chi connectivity index (χ1) is 15.0. The van der Waals surface area contributed by atoms with Crippen LogP contribution in [0.1, 0.15) is 30.9 Å². The highest BCUT2D eigenvalue weighted by Crippen LogP contribution is 2.45. The van der Waals surface area contributed by atoms with Gasteiger partial charge in [0.1, 0.15) is 5.75 Å². The van der Waals surface area contributed by atoms with Crippen LogP contribution < -0.4 is 10.1 Å². The Labute approximate surface area is 184 Å². The highest BCUT2D eigenvalue weighted by molar-refractivity contribution is 5.80. The zero-order valence-electron chi connectivity index (χ0n) is 18.4. The summed E-state index contributed by atoms with van der Waals surface area (Å²) >= 11 is 0. The summed E-state index contributed by atoms with van der Waals surface area (Å²) in [6.45, 7) is 3.68. The van der Waals surface area contributed by atoms with Gasteiger partial charge in [0.05, 0.1) is 13.5 Å². The van der Waals surface area contributed by atoms with Crippen LogP contribution in [-0.4, -0.2) is 43.0 Å². The van der Waals surface area contributed by atoms with Gasteiger partial charge in [0.15, 0.2) is 0 Å². The largest absolute Gasteiger partial charge is 0.497 e. The van der Waals surface area contributed by atoms with Crippen LogP contribution in [0.3, 0.4) is 0 Å². The van der Waals surface area contributed by atoms with Crippen molar-refractivity contribution in [2.45, 2.75) is 38.6 Å². The van der Waals surface area contributed by atoms with Gasteiger partial charge in [-0.2, -0.15) is 0 Å². The lowest BCUT2D eigenvalue weighted by atomic mass is 9.88. The van der Waals surface area contributed by atoms with Gasteiger partial charge in [0, 0.05) is 25.6 Å². The monoisotopic (exact) mass is 420 g/mol. The zero-order chi connectivity index (χ0) is 21.8. The molecule has 0 radical (unpaired) electrons. The molecule has 5 heteroatoms. The summed E-state index contributed by atoms with van der Waals surface area (Å²) in [7, 11) is 1.67. The average Bonchev–Trinajstić information content (AvgIpc) is 3.24. The molecule has 2 aliphatic rings. The van der Waals surface area contributed by atoms with Gasteiger partial charge in [-0.05, 0) is 53.9 Å². The third-order valence-corrected chi connectivity index (χ3v) is 7.06. The number of likely N-dealkylation sites (tertiary alicyclic amines) is 1. The molecular formula is C26H32N2O3. The van der Waals surface area contributed by atoms with Gasteiger partial charge in [0.2, 0.25) is 11.8 Å². The number of ether oxygens (including phenoxy) is 1. The molecule has 4 rings (SSSR count). The van der Waals surface area contributed by atoms with Crippen molar-refractivity contribution in [2.75, 3.05) is 20.2 Å². The minimum absolute atomic E-state index is 0.0579. The summed E-state index contributed by atoms with van der Waals surface area (Å²) in [6.07, 6.45) is 2.89. The number of benzene rings is 2. The fourth-order valence-corrected chi connectivity index (χ4v) is 5.35. The summed E-state index contributed by atoms with van der Waals surface area (Å²) in [5, 5.41) is 3.13. The minimum atomic E-state index is 0.0579. The third kappa shape index (κ3) is 4.92. The van der Waals surface area contributed by atoms with Crippen molar-refractivity contribution in [2.24, 2.45) is 17.8 Å². The molecule has 1 heterocycles. The fraction of sp³-hybridized carbons (Fsp3) is 0.462. The smallest absolute Gasteiger partial charge is 0.224 e. The van der Waals surface area contributed by atoms with Crippen molar-refractivity contribution in [1.82, 2.24) is 10.2 Å². The normalized spacial score (nSPS) is 24.8. The highest BCUT2D eigenvalue weighted by atomic mass is 16.5. The van der Waals surface area contributed by atoms with Crippen LogP contribution in [0.25, 0.3) is 0 Å². The first-order valence-corrected chi connectivity index (χ1v) is 11.3. The van der Waals surface area contributed by atoms with Crippen LogP contribution >= 0.6 is 0 Å². The summed E-state index contributed by atoms with van der Waals surface area (Å²) in [4.78, 5) is 27.3. The van der Waals surface area contributed by atoms with Crippen LogP contribution in [0.4, 0.5) is 0 Å². The van der Waals surface area contributed by atoms with Crippen molar-refractivity contribution >= 4 is 11.8 Å². The Morgan fingerprint density at radius 1 is 1.10 bits per heavy atom. The number of carbonyl (C=O) groups excluding carboxylic acids is 2. The molecule has 164 valence electrons. The maximum Gasteiger partial charge on any atom is 0.224 e. The van der Waals surface area contributed by atoms with E-state index in [1.54, 1.807) is 7.11 Å². The summed E-state index contributed by atoms with van der Waals surface area (Å²) in [5.74, 6) is 2.38. The van der Waals surface area contributed by atoms with Crippen molar-refractivity contribution in [3.8, 4) is 5.75 Å². The Morgan fingerprint density at radius 3 is 2.55 bits per heavy atom. The van der Waals surface area contributed by atoms with Gasteiger partial charge >= 0.3 is 0 Å². The number of hydrogen-bond donors (Lipinski definition) is 1.